The molecular weight excluding hydrogens is 196 g/mol. The van der Waals surface area contributed by atoms with Gasteiger partial charge in [0.05, 0.1) is 18.8 Å². The molecule has 1 rings (SSSR count). The summed E-state index contributed by atoms with van der Waals surface area (Å²) in [6.07, 6.45) is 0. The van der Waals surface area contributed by atoms with E-state index in [2.05, 4.69) is 5.48 Å². The molecule has 5 heteroatoms. The smallest absolute Gasteiger partial charge is 0.239 e. The quantitative estimate of drug-likeness (QED) is 0.683. The van der Waals surface area contributed by atoms with E-state index in [1.165, 1.54) is 0 Å². The monoisotopic (exact) mass is 216 g/mol. The third-order valence-corrected chi connectivity index (χ3v) is 1.97. The molecule has 1 N–H and O–H groups in total. The highest BCUT2D eigenvalue weighted by molar-refractivity contribution is 5.78. The minimum absolute atomic E-state index is 0.0579. The number of amides is 1. The number of hydroxylamine groups is 1. The zero-order chi connectivity index (χ0) is 11.3. The van der Waals surface area contributed by atoms with E-state index >= 15 is 0 Å². The van der Waals surface area contributed by atoms with E-state index in [9.17, 15) is 4.79 Å². The molecule has 0 radical (unpaired) electrons. The number of nitrogens with one attached hydrogen (secondary N) is 1. The molecule has 1 aliphatic rings. The molecule has 88 valence electrons. The molecule has 0 aliphatic carbocycles. The number of nitrogens with zero attached hydrogens (tertiary/aromatic N) is 1. The second-order valence-electron chi connectivity index (χ2n) is 4.53. The zero-order valence-electron chi connectivity index (χ0n) is 9.71. The number of rotatable bonds is 3. The maximum absolute atomic E-state index is 11.6. The van der Waals surface area contributed by atoms with E-state index in [-0.39, 0.29) is 18.1 Å². The number of hydrogen-bond acceptors (Lipinski definition) is 4. The van der Waals surface area contributed by atoms with E-state index < -0.39 is 0 Å². The van der Waals surface area contributed by atoms with Crippen molar-refractivity contribution in [1.29, 1.82) is 0 Å². The highest BCUT2D eigenvalue weighted by Gasteiger charge is 2.17. The van der Waals surface area contributed by atoms with Crippen LogP contribution >= 0.6 is 0 Å². The van der Waals surface area contributed by atoms with Crippen molar-refractivity contribution < 1.29 is 14.4 Å². The Bertz CT molecular complexity index is 207. The number of morpholine rings is 1. The predicted molar refractivity (Wildman–Crippen MR) is 56.2 cm³/mol. The van der Waals surface area contributed by atoms with Gasteiger partial charge in [-0.25, -0.2) is 0 Å². The minimum atomic E-state index is -0.273. The summed E-state index contributed by atoms with van der Waals surface area (Å²) in [7, 11) is 0. The van der Waals surface area contributed by atoms with Crippen molar-refractivity contribution >= 4 is 5.91 Å². The molecule has 1 heterocycles. The Balaban J connectivity index is 2.17. The molecule has 0 saturated carbocycles. The van der Waals surface area contributed by atoms with Crippen molar-refractivity contribution in [2.75, 3.05) is 32.8 Å². The molecule has 0 spiro atoms. The lowest BCUT2D eigenvalue weighted by Gasteiger charge is -2.27. The second-order valence-corrected chi connectivity index (χ2v) is 4.53. The van der Waals surface area contributed by atoms with E-state index in [1.54, 1.807) is 4.90 Å². The summed E-state index contributed by atoms with van der Waals surface area (Å²) in [6, 6.07) is 0. The van der Waals surface area contributed by atoms with Crippen LogP contribution < -0.4 is 5.48 Å². The summed E-state index contributed by atoms with van der Waals surface area (Å²) in [6.45, 7) is 8.62. The molecule has 0 unspecified atom stereocenters. The highest BCUT2D eigenvalue weighted by atomic mass is 16.7. The third kappa shape index (κ3) is 5.11. The van der Waals surface area contributed by atoms with Crippen LogP contribution in [-0.4, -0.2) is 49.3 Å². The van der Waals surface area contributed by atoms with Crippen molar-refractivity contribution in [3.63, 3.8) is 0 Å². The van der Waals surface area contributed by atoms with Crippen LogP contribution in [0.5, 0.6) is 0 Å². The summed E-state index contributed by atoms with van der Waals surface area (Å²) in [4.78, 5) is 18.7. The van der Waals surface area contributed by atoms with Gasteiger partial charge in [-0.1, -0.05) is 0 Å². The van der Waals surface area contributed by atoms with Gasteiger partial charge in [0, 0.05) is 13.1 Å². The molecule has 15 heavy (non-hydrogen) atoms. The molecule has 0 aromatic rings. The van der Waals surface area contributed by atoms with Gasteiger partial charge in [0.25, 0.3) is 0 Å². The van der Waals surface area contributed by atoms with Crippen LogP contribution in [0.1, 0.15) is 20.8 Å². The van der Waals surface area contributed by atoms with Crippen LogP contribution in [0.25, 0.3) is 0 Å². The molecule has 0 aromatic carbocycles. The van der Waals surface area contributed by atoms with Crippen LogP contribution in [0.15, 0.2) is 0 Å². The third-order valence-electron chi connectivity index (χ3n) is 1.97. The minimum Gasteiger partial charge on any atom is -0.378 e. The van der Waals surface area contributed by atoms with Crippen LogP contribution in [-0.2, 0) is 14.4 Å². The summed E-state index contributed by atoms with van der Waals surface area (Å²) >= 11 is 0. The molecule has 1 amide bonds. The molecule has 0 aromatic heterocycles. The number of carbonyl (C=O) groups excluding carboxylic acids is 1. The van der Waals surface area contributed by atoms with E-state index in [0.29, 0.717) is 26.3 Å². The Kier molecular flexibility index (Phi) is 4.50. The molecule has 0 atom stereocenters. The van der Waals surface area contributed by atoms with Gasteiger partial charge in [-0.3, -0.25) is 9.63 Å². The lowest BCUT2D eigenvalue weighted by Crippen LogP contribution is -2.45. The number of ether oxygens (including phenoxy) is 1. The fourth-order valence-electron chi connectivity index (χ4n) is 1.24. The first-order chi connectivity index (χ1) is 6.99. The average Bonchev–Trinajstić information content (AvgIpc) is 2.17. The number of hydrogen-bond donors (Lipinski definition) is 1. The highest BCUT2D eigenvalue weighted by Crippen LogP contribution is 2.03. The Morgan fingerprint density at radius 3 is 2.53 bits per heavy atom. The Labute approximate surface area is 90.7 Å². The lowest BCUT2D eigenvalue weighted by atomic mass is 10.2. The molecule has 0 bridgehead atoms. The van der Waals surface area contributed by atoms with Gasteiger partial charge in [-0.05, 0) is 20.8 Å². The van der Waals surface area contributed by atoms with Crippen molar-refractivity contribution in [1.82, 2.24) is 10.4 Å². The summed E-state index contributed by atoms with van der Waals surface area (Å²) in [5.41, 5.74) is 2.42. The zero-order valence-corrected chi connectivity index (χ0v) is 9.71. The molecule has 1 saturated heterocycles. The van der Waals surface area contributed by atoms with Crippen molar-refractivity contribution in [3.05, 3.63) is 0 Å². The SMILES string of the molecule is CC(C)(C)ONCC(=O)N1CCOCC1. The molecule has 1 fully saturated rings. The predicted octanol–water partition coefficient (Wildman–Crippen LogP) is 0.165. The van der Waals surface area contributed by atoms with Crippen LogP contribution in [0, 0.1) is 0 Å². The van der Waals surface area contributed by atoms with Crippen molar-refractivity contribution in [2.24, 2.45) is 0 Å². The van der Waals surface area contributed by atoms with Crippen LogP contribution in [0.4, 0.5) is 0 Å². The summed E-state index contributed by atoms with van der Waals surface area (Å²) in [5, 5.41) is 0. The Hall–Kier alpha value is -0.650. The van der Waals surface area contributed by atoms with Crippen LogP contribution in [0.3, 0.4) is 0 Å². The topological polar surface area (TPSA) is 50.8 Å². The maximum atomic E-state index is 11.6. The maximum Gasteiger partial charge on any atom is 0.239 e. The lowest BCUT2D eigenvalue weighted by molar-refractivity contribution is -0.140. The van der Waals surface area contributed by atoms with E-state index in [1.807, 2.05) is 20.8 Å². The van der Waals surface area contributed by atoms with Crippen LogP contribution in [0.2, 0.25) is 0 Å². The van der Waals surface area contributed by atoms with Gasteiger partial charge < -0.3 is 9.64 Å². The Morgan fingerprint density at radius 1 is 1.40 bits per heavy atom. The molecule has 1 aliphatic heterocycles. The largest absolute Gasteiger partial charge is 0.378 e. The first-order valence-corrected chi connectivity index (χ1v) is 5.25. The first-order valence-electron chi connectivity index (χ1n) is 5.25. The van der Waals surface area contributed by atoms with Gasteiger partial charge in [0.1, 0.15) is 6.54 Å². The fourth-order valence-corrected chi connectivity index (χ4v) is 1.24. The molecule has 5 nitrogen and oxygen atoms in total. The Morgan fingerprint density at radius 2 is 2.00 bits per heavy atom. The van der Waals surface area contributed by atoms with Crippen molar-refractivity contribution in [3.8, 4) is 0 Å². The van der Waals surface area contributed by atoms with E-state index in [0.717, 1.165) is 0 Å². The standard InChI is InChI=1S/C10H20N2O3/c1-10(2,3)15-11-8-9(13)12-4-6-14-7-5-12/h11H,4-8H2,1-3H3. The van der Waals surface area contributed by atoms with Gasteiger partial charge in [-0.2, -0.15) is 5.48 Å². The van der Waals surface area contributed by atoms with Gasteiger partial charge in [-0.15, -0.1) is 0 Å². The normalized spacial score (nSPS) is 17.9. The van der Waals surface area contributed by atoms with Gasteiger partial charge in [0.2, 0.25) is 5.91 Å². The first kappa shape index (κ1) is 12.4. The fraction of sp³-hybridized carbons (Fsp3) is 0.900. The number of carbonyl (C=O) groups is 1. The van der Waals surface area contributed by atoms with Gasteiger partial charge in [0.15, 0.2) is 0 Å². The van der Waals surface area contributed by atoms with Crippen molar-refractivity contribution in [2.45, 2.75) is 26.4 Å². The second kappa shape index (κ2) is 5.44. The average molecular weight is 216 g/mol. The summed E-state index contributed by atoms with van der Waals surface area (Å²) < 4.78 is 5.16. The summed E-state index contributed by atoms with van der Waals surface area (Å²) in [5.74, 6) is 0.0579. The van der Waals surface area contributed by atoms with E-state index in [4.69, 9.17) is 9.57 Å². The van der Waals surface area contributed by atoms with Gasteiger partial charge >= 0.3 is 0 Å². The molecular formula is C10H20N2O3.